The van der Waals surface area contributed by atoms with Crippen LogP contribution in [-0.4, -0.2) is 18.5 Å². The molecule has 0 aromatic heterocycles. The third-order valence-electron chi connectivity index (χ3n) is 1.15. The molecule has 0 heterocycles. The molecule has 0 unspecified atom stereocenters. The molecular weight excluding hydrogens is 128 g/mol. The van der Waals surface area contributed by atoms with Crippen LogP contribution in [0.1, 0.15) is 19.8 Å². The van der Waals surface area contributed by atoms with Crippen molar-refractivity contribution in [2.45, 2.75) is 25.8 Å². The molecule has 0 fully saturated rings. The highest BCUT2D eigenvalue weighted by molar-refractivity contribution is 5.74. The summed E-state index contributed by atoms with van der Waals surface area (Å²) in [5.41, 5.74) is 10.5. The van der Waals surface area contributed by atoms with E-state index in [1.54, 1.807) is 0 Å². The Hall–Kier alpha value is -0.770. The molecular formula is C6H16N4. The first-order valence-electron chi connectivity index (χ1n) is 3.46. The van der Waals surface area contributed by atoms with Gasteiger partial charge in [-0.15, -0.1) is 0 Å². The van der Waals surface area contributed by atoms with Crippen molar-refractivity contribution >= 4 is 5.96 Å². The minimum atomic E-state index is 0.0321. The summed E-state index contributed by atoms with van der Waals surface area (Å²) in [4.78, 5) is 0. The van der Waals surface area contributed by atoms with Gasteiger partial charge in [-0.1, -0.05) is 0 Å². The van der Waals surface area contributed by atoms with Gasteiger partial charge in [0.15, 0.2) is 5.96 Å². The van der Waals surface area contributed by atoms with E-state index in [-0.39, 0.29) is 12.0 Å². The summed E-state index contributed by atoms with van der Waals surface area (Å²) in [6, 6.07) is 0.244. The first-order chi connectivity index (χ1) is 4.63. The largest absolute Gasteiger partial charge is 0.370 e. The molecule has 0 aliphatic rings. The number of nitrogens with two attached hydrogens (primary N) is 2. The second kappa shape index (κ2) is 5.05. The second-order valence-electron chi connectivity index (χ2n) is 2.46. The van der Waals surface area contributed by atoms with Crippen LogP contribution < -0.4 is 16.8 Å². The molecule has 0 aliphatic heterocycles. The molecule has 1 atom stereocenters. The Labute approximate surface area is 61.5 Å². The summed E-state index contributed by atoms with van der Waals surface area (Å²) in [6.45, 7) is 2.71. The lowest BCUT2D eigenvalue weighted by Crippen LogP contribution is -2.31. The van der Waals surface area contributed by atoms with Gasteiger partial charge < -0.3 is 16.8 Å². The van der Waals surface area contributed by atoms with Crippen molar-refractivity contribution in [2.75, 3.05) is 6.54 Å². The smallest absolute Gasteiger partial charge is 0.185 e. The normalized spacial score (nSPS) is 12.6. The van der Waals surface area contributed by atoms with E-state index >= 15 is 0 Å². The fourth-order valence-corrected chi connectivity index (χ4v) is 0.647. The van der Waals surface area contributed by atoms with E-state index in [2.05, 4.69) is 5.32 Å². The monoisotopic (exact) mass is 144 g/mol. The predicted octanol–water partition coefficient (Wildman–Crippen LogP) is -0.403. The van der Waals surface area contributed by atoms with Crippen molar-refractivity contribution in [2.24, 2.45) is 11.5 Å². The molecule has 10 heavy (non-hydrogen) atoms. The molecule has 0 aliphatic carbocycles. The third kappa shape index (κ3) is 7.23. The lowest BCUT2D eigenvalue weighted by molar-refractivity contribution is 0.614. The van der Waals surface area contributed by atoms with Crippen LogP contribution in [0.2, 0.25) is 0 Å². The van der Waals surface area contributed by atoms with Gasteiger partial charge in [-0.05, 0) is 19.8 Å². The highest BCUT2D eigenvalue weighted by Crippen LogP contribution is 1.89. The van der Waals surface area contributed by atoms with Gasteiger partial charge in [0.2, 0.25) is 0 Å². The molecule has 0 bridgehead atoms. The summed E-state index contributed by atoms with van der Waals surface area (Å²) in [5.74, 6) is 0.0321. The lowest BCUT2D eigenvalue weighted by Gasteiger charge is -2.05. The van der Waals surface area contributed by atoms with Crippen molar-refractivity contribution in [3.8, 4) is 0 Å². The van der Waals surface area contributed by atoms with Gasteiger partial charge in [-0.2, -0.15) is 0 Å². The minimum absolute atomic E-state index is 0.0321. The van der Waals surface area contributed by atoms with Gasteiger partial charge in [0.1, 0.15) is 0 Å². The average Bonchev–Trinajstić information content (AvgIpc) is 1.79. The first-order valence-corrected chi connectivity index (χ1v) is 3.46. The molecule has 0 spiro atoms. The third-order valence-corrected chi connectivity index (χ3v) is 1.15. The molecule has 0 rings (SSSR count). The Morgan fingerprint density at radius 3 is 2.70 bits per heavy atom. The molecule has 0 aromatic rings. The van der Waals surface area contributed by atoms with Gasteiger partial charge in [-0.25, -0.2) is 0 Å². The molecule has 0 saturated heterocycles. The highest BCUT2D eigenvalue weighted by Gasteiger charge is 1.92. The van der Waals surface area contributed by atoms with E-state index in [0.717, 1.165) is 19.4 Å². The molecule has 4 heteroatoms. The maximum absolute atomic E-state index is 6.82. The zero-order valence-electron chi connectivity index (χ0n) is 6.35. The van der Waals surface area contributed by atoms with Crippen LogP contribution in [0.3, 0.4) is 0 Å². The number of guanidine groups is 1. The van der Waals surface area contributed by atoms with Crippen LogP contribution >= 0.6 is 0 Å². The van der Waals surface area contributed by atoms with Gasteiger partial charge in [0.25, 0.3) is 0 Å². The molecule has 4 nitrogen and oxygen atoms in total. The van der Waals surface area contributed by atoms with Crippen molar-refractivity contribution < 1.29 is 0 Å². The molecule has 60 valence electrons. The van der Waals surface area contributed by atoms with Crippen LogP contribution in [0.4, 0.5) is 0 Å². The standard InChI is InChI=1S/C6H16N4/c1-5(7)3-2-4-10-6(8)9/h5H,2-4,7H2,1H3,(H4,8,9,10)/t5-/m0/s1. The van der Waals surface area contributed by atoms with Crippen molar-refractivity contribution in [1.29, 1.82) is 5.41 Å². The van der Waals surface area contributed by atoms with Crippen molar-refractivity contribution in [1.82, 2.24) is 5.32 Å². The Morgan fingerprint density at radius 2 is 2.30 bits per heavy atom. The Morgan fingerprint density at radius 1 is 1.70 bits per heavy atom. The number of hydrogen-bond acceptors (Lipinski definition) is 2. The maximum Gasteiger partial charge on any atom is 0.185 e. The SMILES string of the molecule is C[C@H](N)CCCNC(=N)N. The number of hydrogen-bond donors (Lipinski definition) is 4. The second-order valence-corrected chi connectivity index (χ2v) is 2.46. The van der Waals surface area contributed by atoms with Crippen molar-refractivity contribution in [3.05, 3.63) is 0 Å². The Balaban J connectivity index is 2.98. The zero-order valence-corrected chi connectivity index (χ0v) is 6.35. The summed E-state index contributed by atoms with van der Waals surface area (Å²) >= 11 is 0. The lowest BCUT2D eigenvalue weighted by atomic mass is 10.2. The van der Waals surface area contributed by atoms with Gasteiger partial charge in [0, 0.05) is 12.6 Å². The Bertz CT molecular complexity index is 99.9. The van der Waals surface area contributed by atoms with E-state index < -0.39 is 0 Å². The van der Waals surface area contributed by atoms with Crippen molar-refractivity contribution in [3.63, 3.8) is 0 Å². The summed E-state index contributed by atoms with van der Waals surface area (Å²) in [7, 11) is 0. The number of rotatable bonds is 4. The molecule has 0 aromatic carbocycles. The minimum Gasteiger partial charge on any atom is -0.370 e. The molecule has 0 amide bonds. The summed E-state index contributed by atoms with van der Waals surface area (Å²) in [5, 5.41) is 9.52. The van der Waals surface area contributed by atoms with Crippen LogP contribution in [0, 0.1) is 5.41 Å². The predicted molar refractivity (Wildman–Crippen MR) is 42.8 cm³/mol. The first kappa shape index (κ1) is 9.23. The van der Waals surface area contributed by atoms with E-state index in [9.17, 15) is 0 Å². The highest BCUT2D eigenvalue weighted by atomic mass is 15.0. The van der Waals surface area contributed by atoms with E-state index in [0.29, 0.717) is 0 Å². The summed E-state index contributed by atoms with van der Waals surface area (Å²) in [6.07, 6.45) is 1.94. The number of nitrogens with one attached hydrogen (secondary N) is 2. The van der Waals surface area contributed by atoms with E-state index in [1.807, 2.05) is 6.92 Å². The van der Waals surface area contributed by atoms with Crippen LogP contribution in [0.15, 0.2) is 0 Å². The quantitative estimate of drug-likeness (QED) is 0.246. The van der Waals surface area contributed by atoms with Gasteiger partial charge in [0.05, 0.1) is 0 Å². The fourth-order valence-electron chi connectivity index (χ4n) is 0.647. The van der Waals surface area contributed by atoms with Crippen LogP contribution in [-0.2, 0) is 0 Å². The van der Waals surface area contributed by atoms with E-state index in [4.69, 9.17) is 16.9 Å². The zero-order chi connectivity index (χ0) is 7.98. The van der Waals surface area contributed by atoms with Gasteiger partial charge >= 0.3 is 0 Å². The average molecular weight is 144 g/mol. The maximum atomic E-state index is 6.82. The van der Waals surface area contributed by atoms with Crippen LogP contribution in [0.25, 0.3) is 0 Å². The fraction of sp³-hybridized carbons (Fsp3) is 0.833. The molecule has 0 saturated carbocycles. The van der Waals surface area contributed by atoms with E-state index in [1.165, 1.54) is 0 Å². The summed E-state index contributed by atoms with van der Waals surface area (Å²) < 4.78 is 0. The van der Waals surface area contributed by atoms with Crippen LogP contribution in [0.5, 0.6) is 0 Å². The molecule has 6 N–H and O–H groups in total. The topological polar surface area (TPSA) is 87.9 Å². The Kier molecular flexibility index (Phi) is 4.66. The molecule has 0 radical (unpaired) electrons. The van der Waals surface area contributed by atoms with Gasteiger partial charge in [-0.3, -0.25) is 5.41 Å².